The predicted molar refractivity (Wildman–Crippen MR) is 120 cm³/mol. The van der Waals surface area contributed by atoms with Crippen molar-refractivity contribution in [1.29, 1.82) is 0 Å². The average molecular weight is 422 g/mol. The molecule has 0 saturated carbocycles. The lowest BCUT2D eigenvalue weighted by atomic mass is 9.90. The lowest BCUT2D eigenvalue weighted by Gasteiger charge is -2.44. The number of fused-ring (bicyclic) bond motifs is 2. The van der Waals surface area contributed by atoms with Crippen LogP contribution in [0.15, 0.2) is 66.2 Å². The summed E-state index contributed by atoms with van der Waals surface area (Å²) in [6, 6.07) is 18.4. The van der Waals surface area contributed by atoms with Crippen LogP contribution in [-0.4, -0.2) is 41.9 Å². The van der Waals surface area contributed by atoms with Gasteiger partial charge < -0.3 is 14.2 Å². The Bertz CT molecular complexity index is 932. The summed E-state index contributed by atoms with van der Waals surface area (Å²) in [6.07, 6.45) is 3.57. The third kappa shape index (κ3) is 5.67. The Kier molecular flexibility index (Phi) is 6.33. The van der Waals surface area contributed by atoms with Gasteiger partial charge in [0, 0.05) is 0 Å². The Hall–Kier alpha value is -2.79. The van der Waals surface area contributed by atoms with Crippen LogP contribution >= 0.6 is 0 Å². The van der Waals surface area contributed by atoms with Crippen molar-refractivity contribution in [2.45, 2.75) is 57.9 Å². The number of hydrogen-bond donors (Lipinski definition) is 0. The van der Waals surface area contributed by atoms with Gasteiger partial charge in [-0.15, -0.1) is 0 Å². The molecule has 2 aromatic rings. The first kappa shape index (κ1) is 21.4. The SMILES string of the molecule is CC(C)(C)OC(=O)N1C2C=C(Cc3cccc(OCc4ccccc4)c3)CC1COC2. The van der Waals surface area contributed by atoms with Crippen LogP contribution in [0.2, 0.25) is 0 Å². The summed E-state index contributed by atoms with van der Waals surface area (Å²) < 4.78 is 17.3. The summed E-state index contributed by atoms with van der Waals surface area (Å²) in [4.78, 5) is 14.6. The van der Waals surface area contributed by atoms with Crippen molar-refractivity contribution >= 4 is 6.09 Å². The molecule has 2 aromatic carbocycles. The maximum Gasteiger partial charge on any atom is 0.411 e. The van der Waals surface area contributed by atoms with Crippen LogP contribution in [0.5, 0.6) is 5.75 Å². The van der Waals surface area contributed by atoms with E-state index in [-0.39, 0.29) is 18.2 Å². The van der Waals surface area contributed by atoms with Gasteiger partial charge in [-0.25, -0.2) is 4.79 Å². The highest BCUT2D eigenvalue weighted by Gasteiger charge is 2.39. The Labute approximate surface area is 184 Å². The summed E-state index contributed by atoms with van der Waals surface area (Å²) in [7, 11) is 0. The van der Waals surface area contributed by atoms with Crippen molar-refractivity contribution in [1.82, 2.24) is 4.90 Å². The standard InChI is InChI=1S/C26H31NO4/c1-26(2,3)31-25(28)27-22-13-21(14-23(27)18-29-17-22)12-20-10-7-11-24(15-20)30-16-19-8-5-4-6-9-19/h4-11,13,15,22-23H,12,14,16-18H2,1-3H3. The summed E-state index contributed by atoms with van der Waals surface area (Å²) in [5.41, 5.74) is 3.19. The van der Waals surface area contributed by atoms with E-state index < -0.39 is 5.60 Å². The highest BCUT2D eigenvalue weighted by atomic mass is 16.6. The third-order valence-corrected chi connectivity index (χ3v) is 5.46. The number of hydrogen-bond acceptors (Lipinski definition) is 4. The van der Waals surface area contributed by atoms with Gasteiger partial charge in [-0.05, 0) is 56.9 Å². The van der Waals surface area contributed by atoms with E-state index in [0.29, 0.717) is 19.8 Å². The van der Waals surface area contributed by atoms with Gasteiger partial charge in [0.2, 0.25) is 0 Å². The minimum absolute atomic E-state index is 0.0195. The summed E-state index contributed by atoms with van der Waals surface area (Å²) in [6.45, 7) is 7.31. The molecule has 5 nitrogen and oxygen atoms in total. The molecule has 164 valence electrons. The molecule has 0 radical (unpaired) electrons. The smallest absolute Gasteiger partial charge is 0.411 e. The molecule has 2 atom stereocenters. The number of carbonyl (C=O) groups excluding carboxylic acids is 1. The molecule has 2 aliphatic rings. The molecule has 4 rings (SSSR count). The van der Waals surface area contributed by atoms with Crippen LogP contribution in [0.4, 0.5) is 4.79 Å². The van der Waals surface area contributed by atoms with Gasteiger partial charge in [0.1, 0.15) is 18.0 Å². The fourth-order valence-corrected chi connectivity index (χ4v) is 4.16. The fraction of sp³-hybridized carbons (Fsp3) is 0.423. The van der Waals surface area contributed by atoms with E-state index in [1.54, 1.807) is 0 Å². The van der Waals surface area contributed by atoms with E-state index in [4.69, 9.17) is 14.2 Å². The molecule has 1 amide bonds. The van der Waals surface area contributed by atoms with Gasteiger partial charge in [-0.3, -0.25) is 4.90 Å². The van der Waals surface area contributed by atoms with Crippen molar-refractivity contribution in [2.24, 2.45) is 0 Å². The molecule has 5 heteroatoms. The number of rotatable bonds is 5. The maximum absolute atomic E-state index is 12.7. The Morgan fingerprint density at radius 1 is 1.06 bits per heavy atom. The van der Waals surface area contributed by atoms with E-state index in [0.717, 1.165) is 24.2 Å². The Morgan fingerprint density at radius 3 is 2.58 bits per heavy atom. The summed E-state index contributed by atoms with van der Waals surface area (Å²) >= 11 is 0. The summed E-state index contributed by atoms with van der Waals surface area (Å²) in [5, 5.41) is 0. The van der Waals surface area contributed by atoms with Crippen LogP contribution in [0.1, 0.15) is 38.3 Å². The minimum atomic E-state index is -0.504. The average Bonchev–Trinajstić information content (AvgIpc) is 2.71. The molecular weight excluding hydrogens is 390 g/mol. The molecule has 0 spiro atoms. The third-order valence-electron chi connectivity index (χ3n) is 5.46. The van der Waals surface area contributed by atoms with Crippen LogP contribution in [0.25, 0.3) is 0 Å². The molecule has 2 unspecified atom stereocenters. The monoisotopic (exact) mass is 421 g/mol. The normalized spacial score (nSPS) is 20.7. The maximum atomic E-state index is 12.7. The van der Waals surface area contributed by atoms with Crippen molar-refractivity contribution in [3.05, 3.63) is 77.4 Å². The van der Waals surface area contributed by atoms with Crippen molar-refractivity contribution in [2.75, 3.05) is 13.2 Å². The van der Waals surface area contributed by atoms with Gasteiger partial charge in [0.25, 0.3) is 0 Å². The molecule has 1 saturated heterocycles. The molecule has 1 fully saturated rings. The molecule has 31 heavy (non-hydrogen) atoms. The molecule has 0 N–H and O–H groups in total. The van der Waals surface area contributed by atoms with E-state index >= 15 is 0 Å². The van der Waals surface area contributed by atoms with Crippen molar-refractivity contribution < 1.29 is 19.0 Å². The topological polar surface area (TPSA) is 48.0 Å². The molecule has 2 aliphatic heterocycles. The minimum Gasteiger partial charge on any atom is -0.489 e. The molecule has 2 bridgehead atoms. The van der Waals surface area contributed by atoms with Crippen LogP contribution in [0, 0.1) is 0 Å². The van der Waals surface area contributed by atoms with E-state index in [1.165, 1.54) is 11.1 Å². The van der Waals surface area contributed by atoms with Crippen LogP contribution < -0.4 is 4.74 Å². The molecule has 2 heterocycles. The zero-order chi connectivity index (χ0) is 21.8. The lowest BCUT2D eigenvalue weighted by molar-refractivity contribution is -0.0536. The van der Waals surface area contributed by atoms with Crippen molar-refractivity contribution in [3.8, 4) is 5.75 Å². The number of ether oxygens (including phenoxy) is 3. The molecule has 0 aromatic heterocycles. The zero-order valence-corrected chi connectivity index (χ0v) is 18.5. The number of amides is 1. The number of benzene rings is 2. The van der Waals surface area contributed by atoms with E-state index in [2.05, 4.69) is 30.3 Å². The Balaban J connectivity index is 1.42. The van der Waals surface area contributed by atoms with Gasteiger partial charge in [0.15, 0.2) is 0 Å². The van der Waals surface area contributed by atoms with Gasteiger partial charge in [-0.2, -0.15) is 0 Å². The molecule has 0 aliphatic carbocycles. The quantitative estimate of drug-likeness (QED) is 0.627. The highest BCUT2D eigenvalue weighted by Crippen LogP contribution is 2.31. The lowest BCUT2D eigenvalue weighted by Crippen LogP contribution is -2.57. The van der Waals surface area contributed by atoms with Gasteiger partial charge >= 0.3 is 6.09 Å². The number of carbonyl (C=O) groups is 1. The Morgan fingerprint density at radius 2 is 1.84 bits per heavy atom. The summed E-state index contributed by atoms with van der Waals surface area (Å²) in [5.74, 6) is 0.872. The predicted octanol–water partition coefficient (Wildman–Crippen LogP) is 5.14. The van der Waals surface area contributed by atoms with Crippen molar-refractivity contribution in [3.63, 3.8) is 0 Å². The second-order valence-corrected chi connectivity index (χ2v) is 9.27. The molecular formula is C26H31NO4. The van der Waals surface area contributed by atoms with Crippen LogP contribution in [0.3, 0.4) is 0 Å². The fourth-order valence-electron chi connectivity index (χ4n) is 4.16. The first-order valence-electron chi connectivity index (χ1n) is 10.9. The number of morpholine rings is 1. The van der Waals surface area contributed by atoms with E-state index in [9.17, 15) is 4.79 Å². The first-order valence-corrected chi connectivity index (χ1v) is 10.9. The van der Waals surface area contributed by atoms with Gasteiger partial charge in [-0.1, -0.05) is 54.1 Å². The highest BCUT2D eigenvalue weighted by molar-refractivity contribution is 5.70. The number of nitrogens with zero attached hydrogens (tertiary/aromatic N) is 1. The van der Waals surface area contributed by atoms with E-state index in [1.807, 2.05) is 56.0 Å². The second kappa shape index (κ2) is 9.15. The first-order chi connectivity index (χ1) is 14.9. The van der Waals surface area contributed by atoms with Crippen LogP contribution in [-0.2, 0) is 22.5 Å². The second-order valence-electron chi connectivity index (χ2n) is 9.27. The van der Waals surface area contributed by atoms with Gasteiger partial charge in [0.05, 0.1) is 25.3 Å². The largest absolute Gasteiger partial charge is 0.489 e. The zero-order valence-electron chi connectivity index (χ0n) is 18.5.